The SMILES string of the molecule is CNC(=O)c1ccc(-c2ccc(C(=O)Nc3ccc(C4(c5ccc(C)cc5)c5ccccc5-c5ccccc54)cc3)cc2)cc1. The fourth-order valence-corrected chi connectivity index (χ4v) is 6.61. The van der Waals surface area contributed by atoms with Gasteiger partial charge in [0.25, 0.3) is 11.8 Å². The third kappa shape index (κ3) is 4.81. The van der Waals surface area contributed by atoms with Gasteiger partial charge in [-0.15, -0.1) is 0 Å². The number of amides is 2. The average molecular weight is 585 g/mol. The number of fused-ring (bicyclic) bond motifs is 3. The Labute approximate surface area is 263 Å². The van der Waals surface area contributed by atoms with Crippen molar-refractivity contribution in [2.24, 2.45) is 0 Å². The monoisotopic (exact) mass is 584 g/mol. The third-order valence-electron chi connectivity index (χ3n) is 8.87. The van der Waals surface area contributed by atoms with Crippen LogP contribution < -0.4 is 10.6 Å². The Hall–Kier alpha value is -5.74. The van der Waals surface area contributed by atoms with Crippen molar-refractivity contribution < 1.29 is 9.59 Å². The summed E-state index contributed by atoms with van der Waals surface area (Å²) in [5.41, 5.74) is 12.0. The fraction of sp³-hybridized carbons (Fsp3) is 0.0732. The molecule has 218 valence electrons. The highest BCUT2D eigenvalue weighted by Crippen LogP contribution is 2.56. The molecule has 0 unspecified atom stereocenters. The van der Waals surface area contributed by atoms with E-state index in [4.69, 9.17) is 0 Å². The molecule has 45 heavy (non-hydrogen) atoms. The molecule has 2 N–H and O–H groups in total. The molecular weight excluding hydrogens is 552 g/mol. The molecule has 2 amide bonds. The summed E-state index contributed by atoms with van der Waals surface area (Å²) in [6, 6.07) is 49.4. The van der Waals surface area contributed by atoms with Crippen molar-refractivity contribution in [3.05, 3.63) is 185 Å². The molecule has 1 aliphatic carbocycles. The number of carbonyl (C=O) groups excluding carboxylic acids is 2. The molecule has 0 aliphatic heterocycles. The first-order valence-electron chi connectivity index (χ1n) is 15.1. The minimum Gasteiger partial charge on any atom is -0.355 e. The summed E-state index contributed by atoms with van der Waals surface area (Å²) in [4.78, 5) is 25.1. The van der Waals surface area contributed by atoms with Crippen molar-refractivity contribution in [1.29, 1.82) is 0 Å². The number of nitrogens with one attached hydrogen (secondary N) is 2. The van der Waals surface area contributed by atoms with Gasteiger partial charge in [-0.1, -0.05) is 115 Å². The molecule has 7 rings (SSSR count). The van der Waals surface area contributed by atoms with Crippen molar-refractivity contribution in [3.63, 3.8) is 0 Å². The number of aryl methyl sites for hydroxylation is 1. The van der Waals surface area contributed by atoms with Gasteiger partial charge >= 0.3 is 0 Å². The number of benzene rings is 6. The van der Waals surface area contributed by atoms with Gasteiger partial charge in [0.1, 0.15) is 0 Å². The van der Waals surface area contributed by atoms with Gasteiger partial charge in [0, 0.05) is 23.9 Å². The van der Waals surface area contributed by atoms with Crippen molar-refractivity contribution in [2.45, 2.75) is 12.3 Å². The summed E-state index contributed by atoms with van der Waals surface area (Å²) in [7, 11) is 1.62. The Morgan fingerprint density at radius 1 is 0.511 bits per heavy atom. The van der Waals surface area contributed by atoms with E-state index in [0.717, 1.165) is 22.4 Å². The van der Waals surface area contributed by atoms with Gasteiger partial charge in [-0.3, -0.25) is 9.59 Å². The molecule has 1 aliphatic rings. The lowest BCUT2D eigenvalue weighted by Gasteiger charge is -2.34. The van der Waals surface area contributed by atoms with Crippen LogP contribution in [0.25, 0.3) is 22.3 Å². The maximum atomic E-state index is 13.2. The highest BCUT2D eigenvalue weighted by molar-refractivity contribution is 6.04. The molecule has 0 spiro atoms. The summed E-state index contributed by atoms with van der Waals surface area (Å²) in [6.45, 7) is 2.11. The largest absolute Gasteiger partial charge is 0.355 e. The Kier molecular flexibility index (Phi) is 7.11. The van der Waals surface area contributed by atoms with Crippen LogP contribution in [0, 0.1) is 6.92 Å². The highest BCUT2D eigenvalue weighted by Gasteiger charge is 2.45. The van der Waals surface area contributed by atoms with Gasteiger partial charge < -0.3 is 10.6 Å². The fourth-order valence-electron chi connectivity index (χ4n) is 6.61. The van der Waals surface area contributed by atoms with E-state index in [0.29, 0.717) is 11.1 Å². The van der Waals surface area contributed by atoms with E-state index in [9.17, 15) is 9.59 Å². The van der Waals surface area contributed by atoms with Crippen LogP contribution in [0.2, 0.25) is 0 Å². The smallest absolute Gasteiger partial charge is 0.255 e. The second-order valence-electron chi connectivity index (χ2n) is 11.5. The van der Waals surface area contributed by atoms with Crippen molar-refractivity contribution in [1.82, 2.24) is 5.32 Å². The second-order valence-corrected chi connectivity index (χ2v) is 11.5. The van der Waals surface area contributed by atoms with Gasteiger partial charge in [-0.05, 0) is 87.8 Å². The molecule has 6 aromatic carbocycles. The number of carbonyl (C=O) groups is 2. The van der Waals surface area contributed by atoms with Gasteiger partial charge in [-0.2, -0.15) is 0 Å². The van der Waals surface area contributed by atoms with Crippen LogP contribution in [-0.4, -0.2) is 18.9 Å². The zero-order valence-electron chi connectivity index (χ0n) is 25.2. The normalized spacial score (nSPS) is 12.6. The Bertz CT molecular complexity index is 1980. The number of hydrogen-bond acceptors (Lipinski definition) is 2. The predicted octanol–water partition coefficient (Wildman–Crippen LogP) is 8.64. The minimum atomic E-state index is -0.474. The molecule has 0 saturated heterocycles. The first-order valence-corrected chi connectivity index (χ1v) is 15.1. The molecule has 0 heterocycles. The maximum Gasteiger partial charge on any atom is 0.255 e. The van der Waals surface area contributed by atoms with Gasteiger partial charge in [0.15, 0.2) is 0 Å². The van der Waals surface area contributed by atoms with E-state index in [1.807, 2.05) is 48.5 Å². The number of rotatable bonds is 6. The Balaban J connectivity index is 1.18. The lowest BCUT2D eigenvalue weighted by atomic mass is 9.67. The van der Waals surface area contributed by atoms with E-state index in [1.54, 1.807) is 19.2 Å². The molecule has 0 radical (unpaired) electrons. The quantitative estimate of drug-likeness (QED) is 0.206. The highest BCUT2D eigenvalue weighted by atomic mass is 16.2. The summed E-state index contributed by atoms with van der Waals surface area (Å²) in [5.74, 6) is -0.293. The predicted molar refractivity (Wildman–Crippen MR) is 182 cm³/mol. The third-order valence-corrected chi connectivity index (χ3v) is 8.87. The van der Waals surface area contributed by atoms with Crippen LogP contribution in [0.4, 0.5) is 5.69 Å². The first kappa shape index (κ1) is 28.1. The lowest BCUT2D eigenvalue weighted by Crippen LogP contribution is -2.28. The summed E-state index contributed by atoms with van der Waals surface area (Å²) >= 11 is 0. The molecule has 0 atom stereocenters. The topological polar surface area (TPSA) is 58.2 Å². The molecule has 0 saturated carbocycles. The zero-order chi connectivity index (χ0) is 31.0. The molecular formula is C41H32N2O2. The van der Waals surface area contributed by atoms with Crippen molar-refractivity contribution >= 4 is 17.5 Å². The summed E-state index contributed by atoms with van der Waals surface area (Å²) < 4.78 is 0. The van der Waals surface area contributed by atoms with Crippen LogP contribution >= 0.6 is 0 Å². The molecule has 6 aromatic rings. The molecule has 4 nitrogen and oxygen atoms in total. The number of hydrogen-bond donors (Lipinski definition) is 2. The average Bonchev–Trinajstić information content (AvgIpc) is 3.40. The second kappa shape index (κ2) is 11.4. The zero-order valence-corrected chi connectivity index (χ0v) is 25.2. The van der Waals surface area contributed by atoms with Crippen LogP contribution in [0.3, 0.4) is 0 Å². The van der Waals surface area contributed by atoms with Crippen molar-refractivity contribution in [2.75, 3.05) is 12.4 Å². The maximum absolute atomic E-state index is 13.2. The van der Waals surface area contributed by atoms with Crippen LogP contribution in [0.15, 0.2) is 146 Å². The molecule has 0 fully saturated rings. The summed E-state index contributed by atoms with van der Waals surface area (Å²) in [6.07, 6.45) is 0. The van der Waals surface area contributed by atoms with E-state index < -0.39 is 5.41 Å². The van der Waals surface area contributed by atoms with Gasteiger partial charge in [0.2, 0.25) is 0 Å². The van der Waals surface area contributed by atoms with Crippen LogP contribution in [0.1, 0.15) is 48.5 Å². The molecule has 0 aromatic heterocycles. The molecule has 4 heteroatoms. The van der Waals surface area contributed by atoms with E-state index in [2.05, 4.69) is 102 Å². The van der Waals surface area contributed by atoms with Crippen LogP contribution in [-0.2, 0) is 5.41 Å². The van der Waals surface area contributed by atoms with E-state index in [1.165, 1.54) is 33.4 Å². The van der Waals surface area contributed by atoms with E-state index >= 15 is 0 Å². The van der Waals surface area contributed by atoms with Crippen LogP contribution in [0.5, 0.6) is 0 Å². The Morgan fingerprint density at radius 2 is 0.956 bits per heavy atom. The van der Waals surface area contributed by atoms with Gasteiger partial charge in [0.05, 0.1) is 5.41 Å². The minimum absolute atomic E-state index is 0.121. The molecule has 0 bridgehead atoms. The van der Waals surface area contributed by atoms with E-state index in [-0.39, 0.29) is 11.8 Å². The summed E-state index contributed by atoms with van der Waals surface area (Å²) in [5, 5.41) is 5.71. The first-order chi connectivity index (χ1) is 22.0. The number of anilines is 1. The van der Waals surface area contributed by atoms with Crippen molar-refractivity contribution in [3.8, 4) is 22.3 Å². The Morgan fingerprint density at radius 3 is 1.44 bits per heavy atom. The standard InChI is InChI=1S/C41H32N2O2/c1-27-11-21-32(22-12-27)41(37-9-5-3-7-35(37)36-8-4-6-10-38(36)41)33-23-25-34(26-24-33)43-40(45)31-19-15-29(16-20-31)28-13-17-30(18-14-28)39(44)42-2/h3-26H,1-2H3,(H,42,44)(H,43,45). The lowest BCUT2D eigenvalue weighted by molar-refractivity contribution is 0.0962. The van der Waals surface area contributed by atoms with Gasteiger partial charge in [-0.25, -0.2) is 0 Å².